The summed E-state index contributed by atoms with van der Waals surface area (Å²) in [6.07, 6.45) is 0. The van der Waals surface area contributed by atoms with Gasteiger partial charge in [-0.15, -0.1) is 7.47 Å². The normalized spacial score (nSPS) is 12.8. The first kappa shape index (κ1) is 12.1. The van der Waals surface area contributed by atoms with Crippen LogP contribution in [-0.2, 0) is 27.7 Å². The maximum atomic E-state index is 10.4. The van der Waals surface area contributed by atoms with Crippen LogP contribution in [-0.4, -0.2) is 21.3 Å². The van der Waals surface area contributed by atoms with Crippen molar-refractivity contribution in [3.63, 3.8) is 0 Å². The Morgan fingerprint density at radius 3 is 1.33 bits per heavy atom. The van der Waals surface area contributed by atoms with Gasteiger partial charge in [0.25, 0.3) is 0 Å². The molecule has 0 aliphatic heterocycles. The zero-order valence-electron chi connectivity index (χ0n) is 4.93. The highest BCUT2D eigenvalue weighted by atomic mass is 35.5. The van der Waals surface area contributed by atoms with Gasteiger partial charge >= 0.3 is 24.7 Å². The fraction of sp³-hybridized carbons (Fsp3) is 0. The van der Waals surface area contributed by atoms with Crippen LogP contribution in [0.2, 0.25) is 0 Å². The SMILES string of the molecule is O=C(S(=O)(=O)OCl)S(=O)(=O)OCl. The third-order valence-electron chi connectivity index (χ3n) is 0.574. The van der Waals surface area contributed by atoms with Crippen LogP contribution in [0.3, 0.4) is 0 Å². The van der Waals surface area contributed by atoms with Gasteiger partial charge < -0.3 is 0 Å². The number of carbonyl (C=O) groups excluding carboxylic acids is 1. The largest absolute Gasteiger partial charge is 0.415 e. The second-order valence-electron chi connectivity index (χ2n) is 1.28. The molecule has 0 rings (SSSR count). The van der Waals surface area contributed by atoms with Gasteiger partial charge in [-0.2, -0.15) is 16.8 Å². The Kier molecular flexibility index (Phi) is 3.87. The van der Waals surface area contributed by atoms with E-state index in [4.69, 9.17) is 0 Å². The molecule has 11 heteroatoms. The summed E-state index contributed by atoms with van der Waals surface area (Å²) in [5.74, 6) is 0. The summed E-state index contributed by atoms with van der Waals surface area (Å²) in [4.78, 5) is 10.4. The highest BCUT2D eigenvalue weighted by Crippen LogP contribution is 2.09. The summed E-state index contributed by atoms with van der Waals surface area (Å²) >= 11 is 8.56. The summed E-state index contributed by atoms with van der Waals surface area (Å²) in [7, 11) is -10.1. The molecule has 0 aromatic carbocycles. The van der Waals surface area contributed by atoms with Crippen molar-refractivity contribution in [2.45, 2.75) is 0 Å². The van der Waals surface area contributed by atoms with Gasteiger partial charge in [-0.1, -0.05) is 0 Å². The molecule has 0 heterocycles. The van der Waals surface area contributed by atoms with Crippen molar-refractivity contribution < 1.29 is 29.1 Å². The van der Waals surface area contributed by atoms with Gasteiger partial charge in [-0.3, -0.25) is 4.79 Å². The van der Waals surface area contributed by atoms with Crippen LogP contribution < -0.4 is 0 Å². The molecular weight excluding hydrogens is 259 g/mol. The molecule has 0 radical (unpaired) electrons. The smallest absolute Gasteiger partial charge is 0.258 e. The van der Waals surface area contributed by atoms with E-state index in [-0.39, 0.29) is 0 Å². The van der Waals surface area contributed by atoms with Crippen LogP contribution in [0.4, 0.5) is 4.79 Å². The van der Waals surface area contributed by atoms with E-state index in [0.29, 0.717) is 0 Å². The number of hydrogen-bond donors (Lipinski definition) is 0. The standard InChI is InChI=1S/CCl2O7S2/c2-9-11(5,6)1(4)12(7,8)10-3. The highest BCUT2D eigenvalue weighted by molar-refractivity contribution is 8.27. The Morgan fingerprint density at radius 1 is 0.917 bits per heavy atom. The minimum atomic E-state index is -5.04. The third kappa shape index (κ3) is 2.54. The topological polar surface area (TPSA) is 104 Å². The number of carbonyl (C=O) groups is 1. The quantitative estimate of drug-likeness (QED) is 0.692. The lowest BCUT2D eigenvalue weighted by Gasteiger charge is -1.94. The van der Waals surface area contributed by atoms with Gasteiger partial charge in [0.2, 0.25) is 0 Å². The molecule has 0 N–H and O–H groups in total. The average molecular weight is 259 g/mol. The van der Waals surface area contributed by atoms with E-state index in [2.05, 4.69) is 31.2 Å². The second-order valence-corrected chi connectivity index (χ2v) is 5.11. The predicted molar refractivity (Wildman–Crippen MR) is 37.1 cm³/mol. The average Bonchev–Trinajstić information content (AvgIpc) is 2.03. The first-order chi connectivity index (χ1) is 5.28. The fourth-order valence-corrected chi connectivity index (χ4v) is 2.05. The molecule has 0 bridgehead atoms. The van der Waals surface area contributed by atoms with Crippen LogP contribution in [0, 0.1) is 0 Å². The van der Waals surface area contributed by atoms with E-state index in [1.807, 2.05) is 0 Å². The number of rotatable bonds is 2. The molecule has 0 fully saturated rings. The van der Waals surface area contributed by atoms with Crippen LogP contribution >= 0.6 is 23.7 Å². The summed E-state index contributed by atoms with van der Waals surface area (Å²) in [5.41, 5.74) is 0. The van der Waals surface area contributed by atoms with E-state index in [0.717, 1.165) is 0 Å². The lowest BCUT2D eigenvalue weighted by molar-refractivity contribution is 0.269. The second kappa shape index (κ2) is 3.85. The molecule has 0 unspecified atom stereocenters. The van der Waals surface area contributed by atoms with Crippen molar-refractivity contribution >= 4 is 48.4 Å². The van der Waals surface area contributed by atoms with E-state index >= 15 is 0 Å². The van der Waals surface area contributed by atoms with Gasteiger partial charge in [-0.25, -0.2) is 0 Å². The Bertz CT molecular complexity index is 326. The minimum Gasteiger partial charge on any atom is -0.258 e. The molecule has 0 saturated heterocycles. The van der Waals surface area contributed by atoms with Crippen molar-refractivity contribution in [3.05, 3.63) is 0 Å². The molecule has 0 aliphatic rings. The van der Waals surface area contributed by atoms with Crippen molar-refractivity contribution in [2.75, 3.05) is 0 Å². The zero-order chi connectivity index (χ0) is 9.99. The lowest BCUT2D eigenvalue weighted by atomic mass is 11.8. The third-order valence-corrected chi connectivity index (χ3v) is 3.94. The van der Waals surface area contributed by atoms with Crippen molar-refractivity contribution in [2.24, 2.45) is 0 Å². The molecule has 12 heavy (non-hydrogen) atoms. The van der Waals surface area contributed by atoms with Gasteiger partial charge in [0, 0.05) is 0 Å². The monoisotopic (exact) mass is 258 g/mol. The maximum absolute atomic E-state index is 10.4. The summed E-state index contributed by atoms with van der Waals surface area (Å²) in [6, 6.07) is 0. The minimum absolute atomic E-state index is 2.37. The maximum Gasteiger partial charge on any atom is 0.415 e. The van der Waals surface area contributed by atoms with Crippen molar-refractivity contribution in [1.29, 1.82) is 0 Å². The number of hydrogen-bond acceptors (Lipinski definition) is 7. The van der Waals surface area contributed by atoms with Crippen LogP contribution in [0.25, 0.3) is 0 Å². The summed E-state index contributed by atoms with van der Waals surface area (Å²) < 4.78 is 44.9. The first-order valence-electron chi connectivity index (χ1n) is 1.92. The van der Waals surface area contributed by atoms with Crippen molar-refractivity contribution in [3.8, 4) is 0 Å². The van der Waals surface area contributed by atoms with Crippen LogP contribution in [0.5, 0.6) is 0 Å². The molecule has 0 spiro atoms. The lowest BCUT2D eigenvalue weighted by Crippen LogP contribution is -2.22. The highest BCUT2D eigenvalue weighted by Gasteiger charge is 2.37. The Labute approximate surface area is 77.7 Å². The van der Waals surface area contributed by atoms with Crippen molar-refractivity contribution in [1.82, 2.24) is 0 Å². The van der Waals surface area contributed by atoms with E-state index in [9.17, 15) is 21.6 Å². The molecular formula is CCl2O7S2. The van der Waals surface area contributed by atoms with Gasteiger partial charge in [-0.05, 0) is 0 Å². The summed E-state index contributed by atoms with van der Waals surface area (Å²) in [6.45, 7) is 0. The van der Waals surface area contributed by atoms with Crippen LogP contribution in [0.15, 0.2) is 0 Å². The molecule has 0 atom stereocenters. The van der Waals surface area contributed by atoms with Crippen LogP contribution in [0.1, 0.15) is 0 Å². The van der Waals surface area contributed by atoms with E-state index in [1.165, 1.54) is 0 Å². The zero-order valence-corrected chi connectivity index (χ0v) is 8.08. The molecule has 0 saturated carbocycles. The Hall–Kier alpha value is 0.0700. The fourth-order valence-electron chi connectivity index (χ4n) is 0.176. The molecule has 7 nitrogen and oxygen atoms in total. The predicted octanol–water partition coefficient (Wildman–Crippen LogP) is 0.107. The number of halogens is 2. The molecule has 72 valence electrons. The molecule has 0 aromatic rings. The molecule has 0 amide bonds. The van der Waals surface area contributed by atoms with E-state index in [1.54, 1.807) is 0 Å². The van der Waals surface area contributed by atoms with Gasteiger partial charge in [0.1, 0.15) is 0 Å². The van der Waals surface area contributed by atoms with Gasteiger partial charge in [0.15, 0.2) is 0 Å². The van der Waals surface area contributed by atoms with Gasteiger partial charge in [0.05, 0.1) is 23.7 Å². The molecule has 0 aliphatic carbocycles. The Balaban J connectivity index is 5.16. The summed E-state index contributed by atoms with van der Waals surface area (Å²) in [5, 5.41) is 0. The first-order valence-corrected chi connectivity index (χ1v) is 5.35. The van der Waals surface area contributed by atoms with E-state index < -0.39 is 24.7 Å². The molecule has 0 aromatic heterocycles. The Morgan fingerprint density at radius 2 is 1.17 bits per heavy atom.